The van der Waals surface area contributed by atoms with Crippen LogP contribution in [0.2, 0.25) is 0 Å². The number of aromatic nitrogens is 4. The second kappa shape index (κ2) is 8.07. The average Bonchev–Trinajstić information content (AvgIpc) is 2.67. The van der Waals surface area contributed by atoms with Crippen molar-refractivity contribution in [2.24, 2.45) is 0 Å². The minimum Gasteiger partial charge on any atom is -0.484 e. The molecule has 0 spiro atoms. The summed E-state index contributed by atoms with van der Waals surface area (Å²) in [5, 5.41) is 7.44. The largest absolute Gasteiger partial charge is 0.484 e. The van der Waals surface area contributed by atoms with Crippen LogP contribution in [0.4, 0.5) is 13.2 Å². The normalized spacial score (nSPS) is 11.3. The van der Waals surface area contributed by atoms with Crippen LogP contribution in [0.15, 0.2) is 53.6 Å². The van der Waals surface area contributed by atoms with Gasteiger partial charge in [-0.05, 0) is 37.3 Å². The van der Waals surface area contributed by atoms with Crippen molar-refractivity contribution in [1.82, 2.24) is 19.7 Å². The first-order valence-electron chi connectivity index (χ1n) is 8.21. The summed E-state index contributed by atoms with van der Waals surface area (Å²) in [4.78, 5) is 17.0. The maximum absolute atomic E-state index is 12.7. The molecule has 3 rings (SSSR count). The van der Waals surface area contributed by atoms with E-state index in [0.29, 0.717) is 16.9 Å². The molecule has 10 heteroatoms. The molecule has 0 fully saturated rings. The standard InChI is InChI=1S/C18H15F3N4O3/c1-2-27-17-24-15(12-7-8-22-23-10-12)9-16(26)25(17)13-3-5-14(6-4-13)28-11-18(19,20)21/h3-10H,2,11H2,1H3. The van der Waals surface area contributed by atoms with Gasteiger partial charge in [0.15, 0.2) is 6.61 Å². The van der Waals surface area contributed by atoms with E-state index in [0.717, 1.165) is 0 Å². The van der Waals surface area contributed by atoms with Crippen molar-refractivity contribution in [2.45, 2.75) is 13.1 Å². The van der Waals surface area contributed by atoms with Gasteiger partial charge in [0.25, 0.3) is 5.56 Å². The summed E-state index contributed by atoms with van der Waals surface area (Å²) >= 11 is 0. The predicted octanol–water partition coefficient (Wildman–Crippen LogP) is 3.03. The average molecular weight is 392 g/mol. The van der Waals surface area contributed by atoms with Crippen LogP contribution < -0.4 is 15.0 Å². The molecule has 146 valence electrons. The molecule has 2 heterocycles. The number of hydrogen-bond donors (Lipinski definition) is 0. The number of halogens is 3. The Kier molecular flexibility index (Phi) is 5.57. The van der Waals surface area contributed by atoms with Crippen LogP contribution in [0, 0.1) is 0 Å². The molecule has 2 aromatic heterocycles. The van der Waals surface area contributed by atoms with Crippen molar-refractivity contribution in [3.8, 4) is 28.7 Å². The summed E-state index contributed by atoms with van der Waals surface area (Å²) in [5.74, 6) is 0.0273. The SMILES string of the molecule is CCOc1nc(-c2ccnnc2)cc(=O)n1-c1ccc(OCC(F)(F)F)cc1. The highest BCUT2D eigenvalue weighted by atomic mass is 19.4. The number of alkyl halides is 3. The Morgan fingerprint density at radius 1 is 1.07 bits per heavy atom. The monoisotopic (exact) mass is 392 g/mol. The molecule has 0 aliphatic carbocycles. The highest BCUT2D eigenvalue weighted by Crippen LogP contribution is 2.23. The quantitative estimate of drug-likeness (QED) is 0.642. The van der Waals surface area contributed by atoms with Gasteiger partial charge < -0.3 is 9.47 Å². The second-order valence-corrected chi connectivity index (χ2v) is 5.56. The van der Waals surface area contributed by atoms with Gasteiger partial charge in [-0.1, -0.05) is 0 Å². The first-order chi connectivity index (χ1) is 13.4. The zero-order chi connectivity index (χ0) is 20.1. The van der Waals surface area contributed by atoms with Crippen molar-refractivity contribution < 1.29 is 22.6 Å². The molecule has 0 bridgehead atoms. The number of ether oxygens (including phenoxy) is 2. The minimum atomic E-state index is -4.43. The van der Waals surface area contributed by atoms with Crippen LogP contribution in [-0.4, -0.2) is 39.1 Å². The van der Waals surface area contributed by atoms with E-state index < -0.39 is 18.3 Å². The van der Waals surface area contributed by atoms with Gasteiger partial charge in [0, 0.05) is 11.6 Å². The van der Waals surface area contributed by atoms with Crippen molar-refractivity contribution in [2.75, 3.05) is 13.2 Å². The van der Waals surface area contributed by atoms with E-state index in [-0.39, 0.29) is 18.4 Å². The smallest absolute Gasteiger partial charge is 0.422 e. The lowest BCUT2D eigenvalue weighted by Gasteiger charge is -2.14. The molecule has 0 atom stereocenters. The molecule has 1 aromatic carbocycles. The molecule has 0 saturated carbocycles. The molecular weight excluding hydrogens is 377 g/mol. The zero-order valence-corrected chi connectivity index (χ0v) is 14.7. The molecular formula is C18H15F3N4O3. The lowest BCUT2D eigenvalue weighted by Crippen LogP contribution is -2.22. The van der Waals surface area contributed by atoms with Gasteiger partial charge in [-0.3, -0.25) is 4.79 Å². The maximum atomic E-state index is 12.7. The van der Waals surface area contributed by atoms with Gasteiger partial charge in [-0.2, -0.15) is 28.4 Å². The van der Waals surface area contributed by atoms with Crippen molar-refractivity contribution in [3.63, 3.8) is 0 Å². The highest BCUT2D eigenvalue weighted by molar-refractivity contribution is 5.57. The third kappa shape index (κ3) is 4.64. The van der Waals surface area contributed by atoms with E-state index in [2.05, 4.69) is 19.9 Å². The van der Waals surface area contributed by atoms with Crippen molar-refractivity contribution in [3.05, 3.63) is 59.1 Å². The van der Waals surface area contributed by atoms with E-state index in [9.17, 15) is 18.0 Å². The minimum absolute atomic E-state index is 0.0273. The Morgan fingerprint density at radius 2 is 1.82 bits per heavy atom. The fraction of sp³-hybridized carbons (Fsp3) is 0.222. The van der Waals surface area contributed by atoms with E-state index in [1.807, 2.05) is 0 Å². The summed E-state index contributed by atoms with van der Waals surface area (Å²) in [5.41, 5.74) is 0.912. The van der Waals surface area contributed by atoms with Crippen LogP contribution in [0.25, 0.3) is 16.9 Å². The third-order valence-corrected chi connectivity index (χ3v) is 3.54. The Bertz CT molecular complexity index is 990. The van der Waals surface area contributed by atoms with Crippen LogP contribution in [-0.2, 0) is 0 Å². The molecule has 7 nitrogen and oxygen atoms in total. The Hall–Kier alpha value is -3.43. The number of rotatable bonds is 6. The first kappa shape index (κ1) is 19.3. The van der Waals surface area contributed by atoms with Gasteiger partial charge in [-0.15, -0.1) is 0 Å². The maximum Gasteiger partial charge on any atom is 0.422 e. The predicted molar refractivity (Wildman–Crippen MR) is 93.6 cm³/mol. The number of hydrogen-bond acceptors (Lipinski definition) is 6. The van der Waals surface area contributed by atoms with Gasteiger partial charge in [0.05, 0.1) is 30.4 Å². The summed E-state index contributed by atoms with van der Waals surface area (Å²) in [6, 6.07) is 8.59. The van der Waals surface area contributed by atoms with Crippen LogP contribution in [0.1, 0.15) is 6.92 Å². The van der Waals surface area contributed by atoms with Crippen LogP contribution in [0.5, 0.6) is 11.8 Å². The lowest BCUT2D eigenvalue weighted by molar-refractivity contribution is -0.153. The van der Waals surface area contributed by atoms with Crippen molar-refractivity contribution >= 4 is 0 Å². The van der Waals surface area contributed by atoms with Crippen LogP contribution >= 0.6 is 0 Å². The molecule has 0 amide bonds. The topological polar surface area (TPSA) is 79.1 Å². The van der Waals surface area contributed by atoms with Gasteiger partial charge >= 0.3 is 12.2 Å². The Morgan fingerprint density at radius 3 is 2.43 bits per heavy atom. The number of nitrogens with zero attached hydrogens (tertiary/aromatic N) is 4. The molecule has 0 aliphatic heterocycles. The molecule has 0 unspecified atom stereocenters. The van der Waals surface area contributed by atoms with E-state index in [4.69, 9.17) is 4.74 Å². The molecule has 0 aliphatic rings. The van der Waals surface area contributed by atoms with E-state index in [1.165, 1.54) is 47.3 Å². The summed E-state index contributed by atoms with van der Waals surface area (Å²) < 4.78 is 48.1. The fourth-order valence-electron chi connectivity index (χ4n) is 2.37. The van der Waals surface area contributed by atoms with E-state index >= 15 is 0 Å². The Balaban J connectivity index is 1.96. The lowest BCUT2D eigenvalue weighted by atomic mass is 10.2. The molecule has 28 heavy (non-hydrogen) atoms. The highest BCUT2D eigenvalue weighted by Gasteiger charge is 2.28. The van der Waals surface area contributed by atoms with Crippen molar-refractivity contribution in [1.29, 1.82) is 0 Å². The van der Waals surface area contributed by atoms with Gasteiger partial charge in [-0.25, -0.2) is 4.57 Å². The number of benzene rings is 1. The molecule has 0 radical (unpaired) electrons. The third-order valence-electron chi connectivity index (χ3n) is 3.54. The van der Waals surface area contributed by atoms with Gasteiger partial charge in [0.2, 0.25) is 0 Å². The molecule has 3 aromatic rings. The summed E-state index contributed by atoms with van der Waals surface area (Å²) in [6.07, 6.45) is -1.49. The summed E-state index contributed by atoms with van der Waals surface area (Å²) in [6.45, 7) is 0.606. The zero-order valence-electron chi connectivity index (χ0n) is 14.7. The molecule has 0 saturated heterocycles. The van der Waals surface area contributed by atoms with E-state index in [1.54, 1.807) is 13.0 Å². The Labute approximate surface area is 157 Å². The first-order valence-corrected chi connectivity index (χ1v) is 8.21. The fourth-order valence-corrected chi connectivity index (χ4v) is 2.37. The van der Waals surface area contributed by atoms with Crippen LogP contribution in [0.3, 0.4) is 0 Å². The van der Waals surface area contributed by atoms with Gasteiger partial charge in [0.1, 0.15) is 5.75 Å². The molecule has 0 N–H and O–H groups in total. The second-order valence-electron chi connectivity index (χ2n) is 5.56. The summed E-state index contributed by atoms with van der Waals surface area (Å²) in [7, 11) is 0.